The zero-order valence-electron chi connectivity index (χ0n) is 7.72. The Labute approximate surface area is 102 Å². The third-order valence-electron chi connectivity index (χ3n) is 2.23. The van der Waals surface area contributed by atoms with E-state index < -0.39 is 0 Å². The number of fused-ring (bicyclic) bond motifs is 1. The van der Waals surface area contributed by atoms with E-state index in [9.17, 15) is 0 Å². The molecule has 0 saturated carbocycles. The summed E-state index contributed by atoms with van der Waals surface area (Å²) in [6.07, 6.45) is 2.83. The van der Waals surface area contributed by atoms with Crippen LogP contribution < -0.4 is 0 Å². The molecule has 0 spiro atoms. The van der Waals surface area contributed by atoms with Crippen molar-refractivity contribution in [2.24, 2.45) is 0 Å². The highest BCUT2D eigenvalue weighted by molar-refractivity contribution is 14.1. The molecule has 1 nitrogen and oxygen atoms in total. The van der Waals surface area contributed by atoms with Gasteiger partial charge in [-0.2, -0.15) is 0 Å². The molecule has 0 amide bonds. The Balaban J connectivity index is 2.78. The summed E-state index contributed by atoms with van der Waals surface area (Å²) in [5.41, 5.74) is 2.26. The van der Waals surface area contributed by atoms with Crippen LogP contribution in [0.4, 0.5) is 0 Å². The van der Waals surface area contributed by atoms with Crippen molar-refractivity contribution in [3.63, 3.8) is 0 Å². The maximum absolute atomic E-state index is 6.21. The van der Waals surface area contributed by atoms with Crippen molar-refractivity contribution in [1.29, 1.82) is 0 Å². The molecule has 0 unspecified atom stereocenters. The Morgan fingerprint density at radius 3 is 2.93 bits per heavy atom. The van der Waals surface area contributed by atoms with Crippen molar-refractivity contribution in [3.8, 4) is 0 Å². The van der Waals surface area contributed by atoms with E-state index in [0.29, 0.717) is 0 Å². The van der Waals surface area contributed by atoms with Gasteiger partial charge in [0.2, 0.25) is 0 Å². The van der Waals surface area contributed by atoms with Crippen LogP contribution in [-0.2, 0) is 6.42 Å². The number of nitrogens with zero attached hydrogens (tertiary/aromatic N) is 1. The van der Waals surface area contributed by atoms with Gasteiger partial charge in [0, 0.05) is 11.6 Å². The number of aryl methyl sites for hydroxylation is 1. The average Bonchev–Trinajstić information content (AvgIpc) is 2.23. The number of hydrogen-bond donors (Lipinski definition) is 0. The topological polar surface area (TPSA) is 12.9 Å². The van der Waals surface area contributed by atoms with Gasteiger partial charge in [0.15, 0.2) is 0 Å². The van der Waals surface area contributed by atoms with Crippen LogP contribution >= 0.6 is 34.2 Å². The van der Waals surface area contributed by atoms with Gasteiger partial charge in [-0.3, -0.25) is 4.98 Å². The average molecular weight is 318 g/mol. The van der Waals surface area contributed by atoms with E-state index in [4.69, 9.17) is 11.6 Å². The van der Waals surface area contributed by atoms with Gasteiger partial charge in [-0.1, -0.05) is 24.6 Å². The van der Waals surface area contributed by atoms with Crippen molar-refractivity contribution in [2.45, 2.75) is 13.3 Å². The van der Waals surface area contributed by atoms with E-state index >= 15 is 0 Å². The lowest BCUT2D eigenvalue weighted by molar-refractivity contribution is 1.14. The highest BCUT2D eigenvalue weighted by atomic mass is 127. The molecule has 0 fully saturated rings. The van der Waals surface area contributed by atoms with Crippen LogP contribution in [0, 0.1) is 3.57 Å². The Morgan fingerprint density at radius 1 is 1.43 bits per heavy atom. The summed E-state index contributed by atoms with van der Waals surface area (Å²) in [5.74, 6) is 0. The maximum Gasteiger partial charge on any atom is 0.0717 e. The Morgan fingerprint density at radius 2 is 2.21 bits per heavy atom. The van der Waals surface area contributed by atoms with Gasteiger partial charge in [-0.25, -0.2) is 0 Å². The SMILES string of the molecule is CCc1ccc2ncc(I)c(Cl)c2c1. The third kappa shape index (κ3) is 1.73. The predicted molar refractivity (Wildman–Crippen MR) is 68.8 cm³/mol. The number of halogens is 2. The maximum atomic E-state index is 6.21. The van der Waals surface area contributed by atoms with Crippen LogP contribution in [0.25, 0.3) is 10.9 Å². The number of benzene rings is 1. The van der Waals surface area contributed by atoms with Crippen LogP contribution in [0.2, 0.25) is 5.02 Å². The zero-order chi connectivity index (χ0) is 10.1. The highest BCUT2D eigenvalue weighted by Gasteiger charge is 2.04. The number of rotatable bonds is 1. The summed E-state index contributed by atoms with van der Waals surface area (Å²) in [6, 6.07) is 6.24. The third-order valence-corrected chi connectivity index (χ3v) is 3.78. The minimum atomic E-state index is 0.811. The fourth-order valence-electron chi connectivity index (χ4n) is 1.40. The fourth-order valence-corrected chi connectivity index (χ4v) is 2.03. The van der Waals surface area contributed by atoms with E-state index in [1.807, 2.05) is 6.07 Å². The lowest BCUT2D eigenvalue weighted by Crippen LogP contribution is -1.86. The van der Waals surface area contributed by atoms with E-state index in [0.717, 1.165) is 25.9 Å². The molecule has 2 aromatic rings. The molecule has 1 aromatic carbocycles. The molecule has 72 valence electrons. The largest absolute Gasteiger partial charge is 0.255 e. The molecule has 1 heterocycles. The minimum absolute atomic E-state index is 0.811. The van der Waals surface area contributed by atoms with Gasteiger partial charge >= 0.3 is 0 Å². The number of hydrogen-bond acceptors (Lipinski definition) is 1. The molecular formula is C11H9ClIN. The van der Waals surface area contributed by atoms with Gasteiger partial charge < -0.3 is 0 Å². The molecule has 0 N–H and O–H groups in total. The first-order valence-electron chi connectivity index (χ1n) is 4.45. The minimum Gasteiger partial charge on any atom is -0.255 e. The van der Waals surface area contributed by atoms with Crippen molar-refractivity contribution < 1.29 is 0 Å². The quantitative estimate of drug-likeness (QED) is 0.723. The second-order valence-electron chi connectivity index (χ2n) is 3.13. The summed E-state index contributed by atoms with van der Waals surface area (Å²) in [5, 5.41) is 1.86. The summed E-state index contributed by atoms with van der Waals surface area (Å²) in [7, 11) is 0. The van der Waals surface area contributed by atoms with E-state index in [-0.39, 0.29) is 0 Å². The fraction of sp³-hybridized carbons (Fsp3) is 0.182. The highest BCUT2D eigenvalue weighted by Crippen LogP contribution is 2.27. The normalized spacial score (nSPS) is 10.8. The molecule has 0 aliphatic heterocycles. The van der Waals surface area contributed by atoms with Gasteiger partial charge in [0.25, 0.3) is 0 Å². The van der Waals surface area contributed by atoms with Crippen molar-refractivity contribution >= 4 is 45.1 Å². The van der Waals surface area contributed by atoms with Gasteiger partial charge in [-0.05, 0) is 46.7 Å². The first-order chi connectivity index (χ1) is 6.72. The van der Waals surface area contributed by atoms with Crippen LogP contribution in [0.3, 0.4) is 0 Å². The summed E-state index contributed by atoms with van der Waals surface area (Å²) < 4.78 is 1.00. The van der Waals surface area contributed by atoms with Crippen LogP contribution in [-0.4, -0.2) is 4.98 Å². The second-order valence-corrected chi connectivity index (χ2v) is 4.67. The van der Waals surface area contributed by atoms with Crippen molar-refractivity contribution in [3.05, 3.63) is 38.6 Å². The smallest absolute Gasteiger partial charge is 0.0717 e. The molecule has 0 atom stereocenters. The van der Waals surface area contributed by atoms with Crippen LogP contribution in [0.15, 0.2) is 24.4 Å². The molecule has 14 heavy (non-hydrogen) atoms. The first-order valence-corrected chi connectivity index (χ1v) is 5.90. The van der Waals surface area contributed by atoms with Gasteiger partial charge in [0.05, 0.1) is 14.1 Å². The molecule has 0 aliphatic carbocycles. The molecule has 0 radical (unpaired) electrons. The summed E-state index contributed by atoms with van der Waals surface area (Å²) in [4.78, 5) is 4.33. The number of pyridine rings is 1. The molecule has 1 aromatic heterocycles. The standard InChI is InChI=1S/C11H9ClIN/c1-2-7-3-4-10-8(5-7)11(12)9(13)6-14-10/h3-6H,2H2,1H3. The predicted octanol–water partition coefficient (Wildman–Crippen LogP) is 4.06. The van der Waals surface area contributed by atoms with Gasteiger partial charge in [0.1, 0.15) is 0 Å². The van der Waals surface area contributed by atoms with Gasteiger partial charge in [-0.15, -0.1) is 0 Å². The molecular weight excluding hydrogens is 308 g/mol. The molecule has 3 heteroatoms. The summed E-state index contributed by atoms with van der Waals surface area (Å²) in [6.45, 7) is 2.14. The monoisotopic (exact) mass is 317 g/mol. The molecule has 0 aliphatic rings. The Bertz CT molecular complexity index is 482. The van der Waals surface area contributed by atoms with E-state index in [1.54, 1.807) is 6.20 Å². The zero-order valence-corrected chi connectivity index (χ0v) is 10.6. The lowest BCUT2D eigenvalue weighted by atomic mass is 10.1. The molecule has 2 rings (SSSR count). The second kappa shape index (κ2) is 4.03. The van der Waals surface area contributed by atoms with E-state index in [1.165, 1.54) is 5.56 Å². The summed E-state index contributed by atoms with van der Waals surface area (Å²) >= 11 is 8.41. The van der Waals surface area contributed by atoms with Crippen LogP contribution in [0.1, 0.15) is 12.5 Å². The number of aromatic nitrogens is 1. The molecule has 0 bridgehead atoms. The van der Waals surface area contributed by atoms with E-state index in [2.05, 4.69) is 46.6 Å². The first kappa shape index (κ1) is 10.2. The Hall–Kier alpha value is -0.350. The Kier molecular flexibility index (Phi) is 2.93. The molecule has 0 saturated heterocycles. The van der Waals surface area contributed by atoms with Crippen molar-refractivity contribution in [1.82, 2.24) is 4.98 Å². The van der Waals surface area contributed by atoms with Crippen molar-refractivity contribution in [2.75, 3.05) is 0 Å². The van der Waals surface area contributed by atoms with Crippen LogP contribution in [0.5, 0.6) is 0 Å². The lowest BCUT2D eigenvalue weighted by Gasteiger charge is -2.03.